The zero-order valence-electron chi connectivity index (χ0n) is 15.0. The van der Waals surface area contributed by atoms with Gasteiger partial charge in [-0.15, -0.1) is 0 Å². The van der Waals surface area contributed by atoms with Crippen molar-refractivity contribution in [3.8, 4) is 0 Å². The summed E-state index contributed by atoms with van der Waals surface area (Å²) in [6.07, 6.45) is 3.14. The second-order valence-electron chi connectivity index (χ2n) is 6.39. The topological polar surface area (TPSA) is 66.0 Å². The number of amides is 1. The van der Waals surface area contributed by atoms with Gasteiger partial charge in [0.25, 0.3) is 5.91 Å². The molecule has 0 unspecified atom stereocenters. The Morgan fingerprint density at radius 1 is 0.960 bits per heavy atom. The molecule has 0 radical (unpaired) electrons. The lowest BCUT2D eigenvalue weighted by atomic mass is 9.93. The summed E-state index contributed by atoms with van der Waals surface area (Å²) in [5, 5.41) is 3.59. The van der Waals surface area contributed by atoms with E-state index in [1.165, 1.54) is 11.1 Å². The SMILES string of the molecule is CC(C)c1cccc(C(C)C)c1NC(=S)NNC(=O)c1ccncc1. The second-order valence-corrected chi connectivity index (χ2v) is 6.80. The van der Waals surface area contributed by atoms with Crippen LogP contribution in [0.4, 0.5) is 5.69 Å². The van der Waals surface area contributed by atoms with E-state index in [-0.39, 0.29) is 5.91 Å². The molecule has 0 aliphatic heterocycles. The summed E-state index contributed by atoms with van der Waals surface area (Å²) < 4.78 is 0. The number of hydrazine groups is 1. The van der Waals surface area contributed by atoms with E-state index >= 15 is 0 Å². The highest BCUT2D eigenvalue weighted by atomic mass is 32.1. The zero-order valence-corrected chi connectivity index (χ0v) is 15.8. The maximum atomic E-state index is 12.1. The van der Waals surface area contributed by atoms with Crippen LogP contribution in [0.5, 0.6) is 0 Å². The largest absolute Gasteiger partial charge is 0.331 e. The van der Waals surface area contributed by atoms with Crippen LogP contribution in [0, 0.1) is 0 Å². The van der Waals surface area contributed by atoms with Crippen molar-refractivity contribution in [2.24, 2.45) is 0 Å². The van der Waals surface area contributed by atoms with Crippen LogP contribution in [0.25, 0.3) is 0 Å². The molecule has 132 valence electrons. The highest BCUT2D eigenvalue weighted by molar-refractivity contribution is 7.80. The number of nitrogens with zero attached hydrogens (tertiary/aromatic N) is 1. The van der Waals surface area contributed by atoms with E-state index in [4.69, 9.17) is 12.2 Å². The van der Waals surface area contributed by atoms with E-state index in [0.717, 1.165) is 5.69 Å². The quantitative estimate of drug-likeness (QED) is 0.572. The van der Waals surface area contributed by atoms with Crippen LogP contribution in [0.15, 0.2) is 42.7 Å². The molecule has 0 saturated heterocycles. The molecule has 2 aromatic rings. The van der Waals surface area contributed by atoms with Gasteiger partial charge < -0.3 is 5.32 Å². The molecule has 2 rings (SSSR count). The van der Waals surface area contributed by atoms with Crippen molar-refractivity contribution in [1.82, 2.24) is 15.8 Å². The Hall–Kier alpha value is -2.47. The van der Waals surface area contributed by atoms with Crippen molar-refractivity contribution >= 4 is 28.9 Å². The minimum atomic E-state index is -0.271. The van der Waals surface area contributed by atoms with Gasteiger partial charge in [-0.2, -0.15) is 0 Å². The number of carbonyl (C=O) groups is 1. The molecule has 1 aromatic heterocycles. The average Bonchev–Trinajstić information content (AvgIpc) is 2.60. The third kappa shape index (κ3) is 5.00. The number of anilines is 1. The molecule has 25 heavy (non-hydrogen) atoms. The minimum Gasteiger partial charge on any atom is -0.331 e. The standard InChI is InChI=1S/C19H24N4OS/c1-12(2)15-6-5-7-16(13(3)4)17(15)21-19(25)23-22-18(24)14-8-10-20-11-9-14/h5-13H,1-4H3,(H,22,24)(H2,21,23,25). The highest BCUT2D eigenvalue weighted by Crippen LogP contribution is 2.32. The highest BCUT2D eigenvalue weighted by Gasteiger charge is 2.15. The fraction of sp³-hybridized carbons (Fsp3) is 0.316. The second kappa shape index (κ2) is 8.58. The van der Waals surface area contributed by atoms with E-state index < -0.39 is 0 Å². The maximum absolute atomic E-state index is 12.1. The summed E-state index contributed by atoms with van der Waals surface area (Å²) in [4.78, 5) is 16.0. The number of para-hydroxylation sites is 1. The zero-order chi connectivity index (χ0) is 18.4. The van der Waals surface area contributed by atoms with Gasteiger partial charge in [0.2, 0.25) is 0 Å². The lowest BCUT2D eigenvalue weighted by Crippen LogP contribution is -2.44. The van der Waals surface area contributed by atoms with Gasteiger partial charge in [-0.05, 0) is 47.3 Å². The van der Waals surface area contributed by atoms with Crippen molar-refractivity contribution in [3.05, 3.63) is 59.4 Å². The van der Waals surface area contributed by atoms with Crippen LogP contribution in [0.2, 0.25) is 0 Å². The first-order valence-corrected chi connectivity index (χ1v) is 8.71. The number of aromatic nitrogens is 1. The van der Waals surface area contributed by atoms with E-state index in [1.807, 2.05) is 0 Å². The first kappa shape index (κ1) is 18.9. The summed E-state index contributed by atoms with van der Waals surface area (Å²) in [5.74, 6) is 0.443. The fourth-order valence-corrected chi connectivity index (χ4v) is 2.68. The monoisotopic (exact) mass is 356 g/mol. The van der Waals surface area contributed by atoms with Gasteiger partial charge in [0.1, 0.15) is 0 Å². The molecular weight excluding hydrogens is 332 g/mol. The summed E-state index contributed by atoms with van der Waals surface area (Å²) in [6, 6.07) is 9.53. The van der Waals surface area contributed by atoms with Gasteiger partial charge in [0.05, 0.1) is 0 Å². The Morgan fingerprint density at radius 3 is 2.04 bits per heavy atom. The molecule has 3 N–H and O–H groups in total. The number of carbonyl (C=O) groups excluding carboxylic acids is 1. The van der Waals surface area contributed by atoms with Crippen molar-refractivity contribution in [1.29, 1.82) is 0 Å². The number of rotatable bonds is 4. The van der Waals surface area contributed by atoms with Crippen LogP contribution < -0.4 is 16.2 Å². The molecule has 0 saturated carbocycles. The fourth-order valence-electron chi connectivity index (χ4n) is 2.53. The van der Waals surface area contributed by atoms with E-state index in [0.29, 0.717) is 22.5 Å². The normalized spacial score (nSPS) is 10.6. The Kier molecular flexibility index (Phi) is 6.47. The molecule has 0 aliphatic rings. The van der Waals surface area contributed by atoms with Gasteiger partial charge in [-0.1, -0.05) is 45.9 Å². The van der Waals surface area contributed by atoms with Crippen LogP contribution >= 0.6 is 12.2 Å². The number of hydrogen-bond donors (Lipinski definition) is 3. The molecule has 6 heteroatoms. The number of hydrogen-bond acceptors (Lipinski definition) is 3. The Balaban J connectivity index is 2.09. The van der Waals surface area contributed by atoms with Crippen LogP contribution in [-0.2, 0) is 0 Å². The maximum Gasteiger partial charge on any atom is 0.269 e. The molecule has 0 fully saturated rings. The predicted molar refractivity (Wildman–Crippen MR) is 106 cm³/mol. The van der Waals surface area contributed by atoms with E-state index in [2.05, 4.69) is 67.0 Å². The number of thiocarbonyl (C=S) groups is 1. The van der Waals surface area contributed by atoms with Crippen molar-refractivity contribution in [2.75, 3.05) is 5.32 Å². The Labute approximate surface area is 154 Å². The van der Waals surface area contributed by atoms with Gasteiger partial charge in [-0.25, -0.2) is 0 Å². The molecule has 0 bridgehead atoms. The average molecular weight is 356 g/mol. The number of nitrogens with one attached hydrogen (secondary N) is 3. The summed E-state index contributed by atoms with van der Waals surface area (Å²) in [7, 11) is 0. The van der Waals surface area contributed by atoms with Crippen LogP contribution in [0.1, 0.15) is 61.0 Å². The summed E-state index contributed by atoms with van der Waals surface area (Å²) >= 11 is 5.35. The van der Waals surface area contributed by atoms with Crippen LogP contribution in [0.3, 0.4) is 0 Å². The minimum absolute atomic E-state index is 0.271. The molecule has 0 atom stereocenters. The molecular formula is C19H24N4OS. The Bertz CT molecular complexity index is 718. The van der Waals surface area contributed by atoms with Gasteiger partial charge in [0, 0.05) is 23.6 Å². The smallest absolute Gasteiger partial charge is 0.269 e. The van der Waals surface area contributed by atoms with Crippen molar-refractivity contribution < 1.29 is 4.79 Å². The first-order valence-electron chi connectivity index (χ1n) is 8.30. The molecule has 1 heterocycles. The third-order valence-electron chi connectivity index (χ3n) is 3.84. The van der Waals surface area contributed by atoms with Gasteiger partial charge in [0.15, 0.2) is 5.11 Å². The third-order valence-corrected chi connectivity index (χ3v) is 4.05. The van der Waals surface area contributed by atoms with Crippen LogP contribution in [-0.4, -0.2) is 16.0 Å². The molecule has 1 aromatic carbocycles. The van der Waals surface area contributed by atoms with Crippen molar-refractivity contribution in [2.45, 2.75) is 39.5 Å². The lowest BCUT2D eigenvalue weighted by Gasteiger charge is -2.21. The number of pyridine rings is 1. The molecule has 1 amide bonds. The molecule has 0 aliphatic carbocycles. The lowest BCUT2D eigenvalue weighted by molar-refractivity contribution is 0.0944. The van der Waals surface area contributed by atoms with Gasteiger partial charge in [-0.3, -0.25) is 20.6 Å². The molecule has 5 nitrogen and oxygen atoms in total. The van der Waals surface area contributed by atoms with Gasteiger partial charge >= 0.3 is 0 Å². The number of benzene rings is 1. The van der Waals surface area contributed by atoms with E-state index in [9.17, 15) is 4.79 Å². The van der Waals surface area contributed by atoms with E-state index in [1.54, 1.807) is 24.5 Å². The van der Waals surface area contributed by atoms with Crippen molar-refractivity contribution in [3.63, 3.8) is 0 Å². The Morgan fingerprint density at radius 2 is 1.52 bits per heavy atom. The summed E-state index contributed by atoms with van der Waals surface area (Å²) in [5.41, 5.74) is 9.25. The summed E-state index contributed by atoms with van der Waals surface area (Å²) in [6.45, 7) is 8.58. The predicted octanol–water partition coefficient (Wildman–Crippen LogP) is 3.96. The molecule has 0 spiro atoms. The first-order chi connectivity index (χ1) is 11.9.